The maximum atomic E-state index is 12.8. The lowest BCUT2D eigenvalue weighted by Crippen LogP contribution is -2.29. The summed E-state index contributed by atoms with van der Waals surface area (Å²) in [5, 5.41) is 3.31. The third-order valence-electron chi connectivity index (χ3n) is 4.42. The summed E-state index contributed by atoms with van der Waals surface area (Å²) < 4.78 is 0. The number of fused-ring (bicyclic) bond motifs is 1. The van der Waals surface area contributed by atoms with Gasteiger partial charge >= 0.3 is 0 Å². The Labute approximate surface area is 147 Å². The fourth-order valence-electron chi connectivity index (χ4n) is 3.17. The van der Waals surface area contributed by atoms with Gasteiger partial charge in [-0.1, -0.05) is 30.3 Å². The van der Waals surface area contributed by atoms with Gasteiger partial charge in [-0.3, -0.25) is 4.79 Å². The lowest BCUT2D eigenvalue weighted by molar-refractivity contribution is 0.0984. The number of hydrogen-bond acceptors (Lipinski definition) is 3. The Morgan fingerprint density at radius 2 is 1.92 bits per heavy atom. The second kappa shape index (κ2) is 6.40. The molecule has 1 aliphatic rings. The minimum atomic E-state index is -0.0490. The third kappa shape index (κ3) is 3.11. The first-order valence-corrected chi connectivity index (χ1v) is 8.40. The van der Waals surface area contributed by atoms with Crippen molar-refractivity contribution in [2.45, 2.75) is 13.3 Å². The van der Waals surface area contributed by atoms with E-state index in [-0.39, 0.29) is 5.91 Å². The predicted octanol–water partition coefficient (Wildman–Crippen LogP) is 4.34. The van der Waals surface area contributed by atoms with Crippen molar-refractivity contribution in [3.05, 3.63) is 83.7 Å². The standard InChI is InChI=1S/C21H19N3O/c1-15-5-4-7-17(13-15)23-18-9-10-19(22-14-18)21(25)24-12-11-16-6-2-3-8-20(16)24/h2-10,13-14,23H,11-12H2,1H3. The fraction of sp³-hybridized carbons (Fsp3) is 0.143. The van der Waals surface area contributed by atoms with Crippen molar-refractivity contribution >= 4 is 23.0 Å². The van der Waals surface area contributed by atoms with Crippen molar-refractivity contribution in [3.63, 3.8) is 0 Å². The molecular formula is C21H19N3O. The van der Waals surface area contributed by atoms with Crippen LogP contribution in [0.3, 0.4) is 0 Å². The molecule has 3 aromatic rings. The Balaban J connectivity index is 1.52. The van der Waals surface area contributed by atoms with Gasteiger partial charge in [-0.25, -0.2) is 4.98 Å². The van der Waals surface area contributed by atoms with Gasteiger partial charge in [0.1, 0.15) is 5.69 Å². The molecule has 4 rings (SSSR count). The third-order valence-corrected chi connectivity index (χ3v) is 4.42. The SMILES string of the molecule is Cc1cccc(Nc2ccc(C(=O)N3CCc4ccccc43)nc2)c1. The number of carbonyl (C=O) groups excluding carboxylic acids is 1. The van der Waals surface area contributed by atoms with Crippen molar-refractivity contribution in [2.24, 2.45) is 0 Å². The van der Waals surface area contributed by atoms with Crippen LogP contribution in [0, 0.1) is 6.92 Å². The molecule has 0 unspecified atom stereocenters. The van der Waals surface area contributed by atoms with Crippen molar-refractivity contribution in [1.29, 1.82) is 0 Å². The van der Waals surface area contributed by atoms with Gasteiger partial charge in [0, 0.05) is 17.9 Å². The van der Waals surface area contributed by atoms with Crippen LogP contribution in [0.2, 0.25) is 0 Å². The van der Waals surface area contributed by atoms with Crippen LogP contribution in [0.4, 0.5) is 17.1 Å². The van der Waals surface area contributed by atoms with Crippen molar-refractivity contribution in [2.75, 3.05) is 16.8 Å². The summed E-state index contributed by atoms with van der Waals surface area (Å²) in [5.74, 6) is -0.0490. The molecule has 1 aliphatic heterocycles. The number of pyridine rings is 1. The van der Waals surface area contributed by atoms with Crippen LogP contribution < -0.4 is 10.2 Å². The number of anilines is 3. The molecule has 2 aromatic carbocycles. The Kier molecular flexibility index (Phi) is 3.94. The van der Waals surface area contributed by atoms with Crippen LogP contribution in [-0.4, -0.2) is 17.4 Å². The van der Waals surface area contributed by atoms with E-state index in [2.05, 4.69) is 35.4 Å². The minimum absolute atomic E-state index is 0.0490. The van der Waals surface area contributed by atoms with E-state index in [1.165, 1.54) is 11.1 Å². The van der Waals surface area contributed by atoms with Gasteiger partial charge in [0.05, 0.1) is 11.9 Å². The van der Waals surface area contributed by atoms with E-state index in [9.17, 15) is 4.79 Å². The molecule has 0 fully saturated rings. The predicted molar refractivity (Wildman–Crippen MR) is 101 cm³/mol. The van der Waals surface area contributed by atoms with Crippen molar-refractivity contribution in [3.8, 4) is 0 Å². The molecule has 1 amide bonds. The molecule has 0 spiro atoms. The molecule has 0 saturated heterocycles. The van der Waals surface area contributed by atoms with Crippen LogP contribution in [0.15, 0.2) is 66.9 Å². The summed E-state index contributed by atoms with van der Waals surface area (Å²) >= 11 is 0. The number of aromatic nitrogens is 1. The first kappa shape index (κ1) is 15.4. The number of rotatable bonds is 3. The van der Waals surface area contributed by atoms with Gasteiger partial charge in [0.2, 0.25) is 0 Å². The Morgan fingerprint density at radius 3 is 2.72 bits per heavy atom. The summed E-state index contributed by atoms with van der Waals surface area (Å²) in [6, 6.07) is 19.9. The van der Waals surface area contributed by atoms with Crippen LogP contribution in [0.25, 0.3) is 0 Å². The number of amides is 1. The van der Waals surface area contributed by atoms with E-state index in [0.29, 0.717) is 12.2 Å². The number of nitrogens with zero attached hydrogens (tertiary/aromatic N) is 2. The Morgan fingerprint density at radius 1 is 1.04 bits per heavy atom. The Bertz CT molecular complexity index is 918. The molecule has 124 valence electrons. The molecule has 2 heterocycles. The average molecular weight is 329 g/mol. The number of aryl methyl sites for hydroxylation is 1. The molecule has 0 aliphatic carbocycles. The number of para-hydroxylation sites is 1. The summed E-state index contributed by atoms with van der Waals surface area (Å²) in [4.78, 5) is 18.9. The highest BCUT2D eigenvalue weighted by molar-refractivity contribution is 6.06. The molecule has 0 saturated carbocycles. The van der Waals surface area contributed by atoms with Crippen LogP contribution in [0.5, 0.6) is 0 Å². The average Bonchev–Trinajstić information content (AvgIpc) is 3.06. The van der Waals surface area contributed by atoms with Crippen LogP contribution in [0.1, 0.15) is 21.6 Å². The van der Waals surface area contributed by atoms with Gasteiger partial charge < -0.3 is 10.2 Å². The second-order valence-corrected chi connectivity index (χ2v) is 6.26. The minimum Gasteiger partial charge on any atom is -0.354 e. The van der Waals surface area contributed by atoms with E-state index in [1.54, 1.807) is 12.3 Å². The number of nitrogens with one attached hydrogen (secondary N) is 1. The van der Waals surface area contributed by atoms with E-state index in [4.69, 9.17) is 0 Å². The molecule has 25 heavy (non-hydrogen) atoms. The van der Waals surface area contributed by atoms with Crippen molar-refractivity contribution < 1.29 is 4.79 Å². The molecule has 1 aromatic heterocycles. The molecule has 1 N–H and O–H groups in total. The smallest absolute Gasteiger partial charge is 0.276 e. The van der Waals surface area contributed by atoms with E-state index in [1.807, 2.05) is 41.3 Å². The fourth-order valence-corrected chi connectivity index (χ4v) is 3.17. The van der Waals surface area contributed by atoms with Crippen molar-refractivity contribution in [1.82, 2.24) is 4.98 Å². The van der Waals surface area contributed by atoms with E-state index >= 15 is 0 Å². The summed E-state index contributed by atoms with van der Waals surface area (Å²) in [6.07, 6.45) is 2.60. The highest BCUT2D eigenvalue weighted by Crippen LogP contribution is 2.28. The van der Waals surface area contributed by atoms with Gasteiger partial charge in [0.25, 0.3) is 5.91 Å². The summed E-state index contributed by atoms with van der Waals surface area (Å²) in [6.45, 7) is 2.77. The number of benzene rings is 2. The maximum Gasteiger partial charge on any atom is 0.276 e. The largest absolute Gasteiger partial charge is 0.354 e. The monoisotopic (exact) mass is 329 g/mol. The van der Waals surface area contributed by atoms with E-state index < -0.39 is 0 Å². The summed E-state index contributed by atoms with van der Waals surface area (Å²) in [5.41, 5.74) is 5.74. The molecule has 4 heteroatoms. The highest BCUT2D eigenvalue weighted by atomic mass is 16.2. The Hall–Kier alpha value is -3.14. The van der Waals surface area contributed by atoms with Crippen LogP contribution >= 0.6 is 0 Å². The highest BCUT2D eigenvalue weighted by Gasteiger charge is 2.25. The molecular weight excluding hydrogens is 310 g/mol. The first-order chi connectivity index (χ1) is 12.2. The lowest BCUT2D eigenvalue weighted by atomic mass is 10.2. The molecule has 0 atom stereocenters. The molecule has 0 bridgehead atoms. The van der Waals surface area contributed by atoms with Gasteiger partial charge in [-0.2, -0.15) is 0 Å². The first-order valence-electron chi connectivity index (χ1n) is 8.40. The number of hydrogen-bond donors (Lipinski definition) is 1. The van der Waals surface area contributed by atoms with E-state index in [0.717, 1.165) is 23.5 Å². The quantitative estimate of drug-likeness (QED) is 0.777. The zero-order valence-corrected chi connectivity index (χ0v) is 14.1. The lowest BCUT2D eigenvalue weighted by Gasteiger charge is -2.17. The van der Waals surface area contributed by atoms with Crippen LogP contribution in [-0.2, 0) is 6.42 Å². The second-order valence-electron chi connectivity index (χ2n) is 6.26. The van der Waals surface area contributed by atoms with Gasteiger partial charge in [0.15, 0.2) is 0 Å². The zero-order chi connectivity index (χ0) is 17.2. The normalized spacial score (nSPS) is 12.8. The summed E-state index contributed by atoms with van der Waals surface area (Å²) in [7, 11) is 0. The number of carbonyl (C=O) groups is 1. The van der Waals surface area contributed by atoms with Gasteiger partial charge in [-0.15, -0.1) is 0 Å². The van der Waals surface area contributed by atoms with Gasteiger partial charge in [-0.05, 0) is 54.8 Å². The zero-order valence-electron chi connectivity index (χ0n) is 14.1. The topological polar surface area (TPSA) is 45.2 Å². The maximum absolute atomic E-state index is 12.8. The molecule has 0 radical (unpaired) electrons. The molecule has 4 nitrogen and oxygen atoms in total.